The molecule has 1 aliphatic rings. The summed E-state index contributed by atoms with van der Waals surface area (Å²) in [5.41, 5.74) is 7.20. The lowest BCUT2D eigenvalue weighted by Crippen LogP contribution is -2.18. The first-order chi connectivity index (χ1) is 24.9. The Morgan fingerprint density at radius 1 is 0.608 bits per heavy atom. The number of para-hydroxylation sites is 2. The van der Waals surface area contributed by atoms with Crippen molar-refractivity contribution in [3.8, 4) is 0 Å². The minimum Gasteiger partial charge on any atom is -0.744 e. The highest BCUT2D eigenvalue weighted by Crippen LogP contribution is 2.36. The summed E-state index contributed by atoms with van der Waals surface area (Å²) in [7, 11) is -4.73. The van der Waals surface area contributed by atoms with E-state index >= 15 is 0 Å². The molecule has 1 aliphatic carbocycles. The van der Waals surface area contributed by atoms with Gasteiger partial charge in [-0.15, -0.1) is 0 Å². The third-order valence-corrected chi connectivity index (χ3v) is 10.4. The van der Waals surface area contributed by atoms with Crippen molar-refractivity contribution in [1.29, 1.82) is 0 Å². The van der Waals surface area contributed by atoms with Crippen LogP contribution >= 0.6 is 0 Å². The fraction of sp³-hybridized carbons (Fsp3) is 0.311. The van der Waals surface area contributed by atoms with Gasteiger partial charge in [-0.25, -0.2) is 8.42 Å². The fourth-order valence-electron chi connectivity index (χ4n) is 6.76. The third-order valence-electron chi connectivity index (χ3n) is 9.47. The van der Waals surface area contributed by atoms with E-state index in [0.717, 1.165) is 59.8 Å². The van der Waals surface area contributed by atoms with Crippen LogP contribution in [0.4, 0.5) is 17.1 Å². The van der Waals surface area contributed by atoms with E-state index in [1.54, 1.807) is 18.2 Å². The van der Waals surface area contributed by atoms with Crippen molar-refractivity contribution < 1.29 is 17.5 Å². The molecule has 0 aromatic heterocycles. The van der Waals surface area contributed by atoms with Crippen molar-refractivity contribution in [3.05, 3.63) is 150 Å². The first-order valence-corrected chi connectivity index (χ1v) is 20.1. The summed E-state index contributed by atoms with van der Waals surface area (Å²) in [5, 5.41) is 0. The van der Waals surface area contributed by atoms with E-state index in [2.05, 4.69) is 96.1 Å². The molecule has 0 N–H and O–H groups in total. The molecule has 0 bridgehead atoms. The average Bonchev–Trinajstić information content (AvgIpc) is 3.16. The Kier molecular flexibility index (Phi) is 14.2. The van der Waals surface area contributed by atoms with E-state index in [1.807, 2.05) is 36.4 Å². The Morgan fingerprint density at radius 2 is 1.16 bits per heavy atom. The summed E-state index contributed by atoms with van der Waals surface area (Å²) in [6.45, 7) is 6.27. The lowest BCUT2D eigenvalue weighted by atomic mass is 9.90. The predicted molar refractivity (Wildman–Crippen MR) is 212 cm³/mol. The van der Waals surface area contributed by atoms with E-state index in [4.69, 9.17) is 0 Å². The summed E-state index contributed by atoms with van der Waals surface area (Å²) in [4.78, 5) is 2.13. The van der Waals surface area contributed by atoms with Gasteiger partial charge in [0.15, 0.2) is 0 Å². The molecule has 0 atom stereocenters. The van der Waals surface area contributed by atoms with Crippen LogP contribution in [0.15, 0.2) is 144 Å². The first-order valence-electron chi connectivity index (χ1n) is 18.7. The van der Waals surface area contributed by atoms with Gasteiger partial charge in [-0.05, 0) is 72.0 Å². The molecule has 0 saturated carbocycles. The molecule has 51 heavy (non-hydrogen) atoms. The number of anilines is 2. The molecule has 5 rings (SSSR count). The van der Waals surface area contributed by atoms with Gasteiger partial charge in [0.2, 0.25) is 11.4 Å². The van der Waals surface area contributed by atoms with E-state index in [9.17, 15) is 13.0 Å². The Labute approximate surface area is 306 Å². The van der Waals surface area contributed by atoms with Gasteiger partial charge < -0.3 is 9.45 Å². The Bertz CT molecular complexity index is 1910. The van der Waals surface area contributed by atoms with Crippen molar-refractivity contribution in [3.63, 3.8) is 0 Å². The number of nitrogens with zero attached hydrogens (tertiary/aromatic N) is 2. The number of benzene rings is 4. The van der Waals surface area contributed by atoms with Gasteiger partial charge in [-0.2, -0.15) is 4.58 Å². The fourth-order valence-corrected chi connectivity index (χ4v) is 7.45. The predicted octanol–water partition coefficient (Wildman–Crippen LogP) is 11.4. The largest absolute Gasteiger partial charge is 0.744 e. The topological polar surface area (TPSA) is 63.5 Å². The van der Waals surface area contributed by atoms with Crippen molar-refractivity contribution in [1.82, 2.24) is 0 Å². The number of hydrogen-bond donors (Lipinski definition) is 0. The normalized spacial score (nSPS) is 12.7. The van der Waals surface area contributed by atoms with Crippen LogP contribution in [-0.2, 0) is 10.1 Å². The van der Waals surface area contributed by atoms with Crippen LogP contribution < -0.4 is 4.90 Å². The third kappa shape index (κ3) is 10.5. The molecule has 4 aromatic carbocycles. The lowest BCUT2D eigenvalue weighted by molar-refractivity contribution is -0.439. The van der Waals surface area contributed by atoms with E-state index in [-0.39, 0.29) is 4.90 Å². The molecule has 0 unspecified atom stereocenters. The van der Waals surface area contributed by atoms with Crippen LogP contribution in [0.3, 0.4) is 0 Å². The second-order valence-electron chi connectivity index (χ2n) is 13.2. The Morgan fingerprint density at radius 3 is 1.78 bits per heavy atom. The standard InChI is InChI=1S/C45H52N2O3S/c1-3-5-7-9-19-35-46(39-21-13-11-14-22-39)41-31-27-37(28-32-41)45(43-25-17-18-26-44(43)51(48,49)50)38-29-33-42(34-30-38)47(36-20-10-8-6-4-2)40-23-15-12-16-24-40/h11-18,21-34H,3-10,19-20,35-36H2,1-2H3. The average molecular weight is 701 g/mol. The maximum Gasteiger partial charge on any atom is 0.205 e. The zero-order chi connectivity index (χ0) is 35.9. The highest BCUT2D eigenvalue weighted by Gasteiger charge is 2.21. The minimum absolute atomic E-state index is 0.218. The van der Waals surface area contributed by atoms with Crippen molar-refractivity contribution in [2.75, 3.05) is 18.0 Å². The molecule has 0 amide bonds. The van der Waals surface area contributed by atoms with Gasteiger partial charge in [0.05, 0.1) is 4.90 Å². The van der Waals surface area contributed by atoms with Crippen LogP contribution in [0.5, 0.6) is 0 Å². The summed E-state index contributed by atoms with van der Waals surface area (Å²) in [5.74, 6) is 0. The molecule has 0 aliphatic heterocycles. The molecule has 266 valence electrons. The molecular formula is C45H52N2O3S. The van der Waals surface area contributed by atoms with E-state index in [1.165, 1.54) is 57.4 Å². The van der Waals surface area contributed by atoms with Gasteiger partial charge >= 0.3 is 0 Å². The van der Waals surface area contributed by atoms with Gasteiger partial charge in [-0.3, -0.25) is 0 Å². The minimum atomic E-state index is -4.73. The maximum absolute atomic E-state index is 12.6. The Balaban J connectivity index is 1.55. The zero-order valence-corrected chi connectivity index (χ0v) is 31.0. The highest BCUT2D eigenvalue weighted by molar-refractivity contribution is 7.85. The first kappa shape index (κ1) is 37.7. The molecule has 0 fully saturated rings. The quantitative estimate of drug-likeness (QED) is 0.0589. The number of allylic oxidation sites excluding steroid dienone is 5. The molecule has 0 saturated heterocycles. The van der Waals surface area contributed by atoms with Gasteiger partial charge in [0.25, 0.3) is 0 Å². The maximum atomic E-state index is 12.6. The molecule has 4 aromatic rings. The molecule has 0 heterocycles. The second kappa shape index (κ2) is 19.2. The van der Waals surface area contributed by atoms with Crippen molar-refractivity contribution in [2.24, 2.45) is 0 Å². The van der Waals surface area contributed by atoms with Crippen LogP contribution in [-0.4, -0.2) is 36.3 Å². The van der Waals surface area contributed by atoms with Crippen molar-refractivity contribution in [2.45, 2.75) is 83.0 Å². The van der Waals surface area contributed by atoms with Crippen LogP contribution in [0.2, 0.25) is 0 Å². The second-order valence-corrected chi connectivity index (χ2v) is 14.6. The van der Waals surface area contributed by atoms with E-state index < -0.39 is 10.1 Å². The summed E-state index contributed by atoms with van der Waals surface area (Å²) < 4.78 is 40.1. The van der Waals surface area contributed by atoms with Crippen LogP contribution in [0.25, 0.3) is 5.57 Å². The number of rotatable bonds is 18. The summed E-state index contributed by atoms with van der Waals surface area (Å²) in [6, 6.07) is 35.7. The van der Waals surface area contributed by atoms with Gasteiger partial charge in [0.1, 0.15) is 16.7 Å². The lowest BCUT2D eigenvalue weighted by Gasteiger charge is -2.26. The molecule has 0 spiro atoms. The van der Waals surface area contributed by atoms with Crippen LogP contribution in [0, 0.1) is 0 Å². The molecule has 5 nitrogen and oxygen atoms in total. The smallest absolute Gasteiger partial charge is 0.205 e. The van der Waals surface area contributed by atoms with Gasteiger partial charge in [-0.1, -0.05) is 126 Å². The van der Waals surface area contributed by atoms with Crippen molar-refractivity contribution >= 4 is 38.5 Å². The van der Waals surface area contributed by atoms with Gasteiger partial charge in [0, 0.05) is 54.2 Å². The molecular weight excluding hydrogens is 649 g/mol. The summed E-state index contributed by atoms with van der Waals surface area (Å²) in [6.07, 6.45) is 20.3. The van der Waals surface area contributed by atoms with Crippen LogP contribution in [0.1, 0.15) is 89.2 Å². The Hall–Kier alpha value is -4.52. The number of unbranched alkanes of at least 4 members (excludes halogenated alkanes) is 8. The molecule has 6 heteroatoms. The monoisotopic (exact) mass is 700 g/mol. The zero-order valence-electron chi connectivity index (χ0n) is 30.2. The SMILES string of the molecule is CCCCCCCN(c1ccccc1)c1ccc(C(=C2C=CC(=[N+](CCCCCCC)c3ccccc3)C=C2)c2ccccc2S(=O)(=O)[O-])cc1. The van der Waals surface area contributed by atoms with E-state index in [0.29, 0.717) is 11.1 Å². The highest BCUT2D eigenvalue weighted by atomic mass is 32.2. The summed E-state index contributed by atoms with van der Waals surface area (Å²) >= 11 is 0. The number of hydrogen-bond acceptors (Lipinski definition) is 4. The molecule has 0 radical (unpaired) electrons.